The van der Waals surface area contributed by atoms with Gasteiger partial charge in [0.1, 0.15) is 10.4 Å². The summed E-state index contributed by atoms with van der Waals surface area (Å²) in [4.78, 5) is 0. The molecule has 0 saturated carbocycles. The maximum Gasteiger partial charge on any atom is 0.107 e. The van der Waals surface area contributed by atoms with Gasteiger partial charge in [0.15, 0.2) is 0 Å². The van der Waals surface area contributed by atoms with E-state index < -0.39 is 0 Å². The lowest BCUT2D eigenvalue weighted by atomic mass is 10.1. The molecular formula is C9H14BrNSi. The quantitative estimate of drug-likeness (QED) is 0.681. The second-order valence-electron chi connectivity index (χ2n) is 3.21. The van der Waals surface area contributed by atoms with Crippen LogP contribution in [-0.4, -0.2) is 17.5 Å². The van der Waals surface area contributed by atoms with E-state index in [0.29, 0.717) is 0 Å². The van der Waals surface area contributed by atoms with E-state index in [1.807, 2.05) is 0 Å². The van der Waals surface area contributed by atoms with Crippen molar-refractivity contribution in [2.45, 2.75) is 13.8 Å². The van der Waals surface area contributed by atoms with Crippen LogP contribution in [0.3, 0.4) is 0 Å². The van der Waals surface area contributed by atoms with E-state index in [1.54, 1.807) is 0 Å². The van der Waals surface area contributed by atoms with Crippen LogP contribution in [0.5, 0.6) is 0 Å². The normalized spacial score (nSPS) is 10.3. The molecule has 0 aliphatic carbocycles. The van der Waals surface area contributed by atoms with Crippen LogP contribution < -0.4 is 4.57 Å². The zero-order valence-corrected chi connectivity index (χ0v) is 11.6. The summed E-state index contributed by atoms with van der Waals surface area (Å²) in [5, 5.41) is 0. The Morgan fingerprint density at radius 2 is 1.83 bits per heavy atom. The molecule has 1 aromatic rings. The van der Waals surface area contributed by atoms with Crippen molar-refractivity contribution in [3.63, 3.8) is 0 Å². The minimum atomic E-state index is 1.07. The van der Waals surface area contributed by atoms with Crippen molar-refractivity contribution in [1.29, 1.82) is 0 Å². The molecule has 66 valence electrons. The van der Waals surface area contributed by atoms with E-state index in [0.717, 1.165) is 10.4 Å². The number of hydrogen-bond acceptors (Lipinski definition) is 1. The van der Waals surface area contributed by atoms with E-state index >= 15 is 0 Å². The SMILES string of the molecule is Cc1c(Br)ccc(N(C)[SiH3])c1C. The van der Waals surface area contributed by atoms with E-state index in [-0.39, 0.29) is 0 Å². The molecule has 0 heterocycles. The van der Waals surface area contributed by atoms with E-state index in [2.05, 4.69) is 53.5 Å². The molecular weight excluding hydrogens is 230 g/mol. The predicted octanol–water partition coefficient (Wildman–Crippen LogP) is 1.78. The fraction of sp³-hybridized carbons (Fsp3) is 0.333. The van der Waals surface area contributed by atoms with Gasteiger partial charge in [-0.05, 0) is 44.2 Å². The zero-order chi connectivity index (χ0) is 9.30. The summed E-state index contributed by atoms with van der Waals surface area (Å²) in [6.45, 7) is 4.32. The lowest BCUT2D eigenvalue weighted by Gasteiger charge is -2.18. The highest BCUT2D eigenvalue weighted by atomic mass is 79.9. The lowest BCUT2D eigenvalue weighted by molar-refractivity contribution is 1.24. The first kappa shape index (κ1) is 9.80. The van der Waals surface area contributed by atoms with Gasteiger partial charge in [-0.15, -0.1) is 0 Å². The molecule has 0 saturated heterocycles. The minimum absolute atomic E-state index is 1.07. The minimum Gasteiger partial charge on any atom is -0.409 e. The fourth-order valence-electron chi connectivity index (χ4n) is 1.26. The number of halogens is 1. The molecule has 0 aromatic heterocycles. The second-order valence-corrected chi connectivity index (χ2v) is 5.41. The molecule has 0 radical (unpaired) electrons. The highest BCUT2D eigenvalue weighted by Crippen LogP contribution is 2.26. The molecule has 0 aliphatic rings. The summed E-state index contributed by atoms with van der Waals surface area (Å²) in [5.41, 5.74) is 4.07. The molecule has 3 heteroatoms. The van der Waals surface area contributed by atoms with E-state index in [1.165, 1.54) is 21.3 Å². The third-order valence-electron chi connectivity index (χ3n) is 2.17. The largest absolute Gasteiger partial charge is 0.409 e. The van der Waals surface area contributed by atoms with Crippen LogP contribution in [0.15, 0.2) is 16.6 Å². The zero-order valence-electron chi connectivity index (χ0n) is 7.98. The summed E-state index contributed by atoms with van der Waals surface area (Å²) in [5.74, 6) is 0. The van der Waals surface area contributed by atoms with Crippen LogP contribution in [0.4, 0.5) is 5.69 Å². The van der Waals surface area contributed by atoms with Gasteiger partial charge < -0.3 is 4.57 Å². The van der Waals surface area contributed by atoms with Gasteiger partial charge in [0.25, 0.3) is 0 Å². The monoisotopic (exact) mass is 243 g/mol. The van der Waals surface area contributed by atoms with Crippen LogP contribution in [0, 0.1) is 13.8 Å². The fourth-order valence-corrected chi connectivity index (χ4v) is 2.17. The first-order chi connectivity index (χ1) is 5.54. The van der Waals surface area contributed by atoms with Crippen molar-refractivity contribution in [2.75, 3.05) is 11.6 Å². The van der Waals surface area contributed by atoms with E-state index in [9.17, 15) is 0 Å². The molecule has 0 atom stereocenters. The van der Waals surface area contributed by atoms with Crippen LogP contribution >= 0.6 is 15.9 Å². The molecule has 1 aromatic carbocycles. The first-order valence-corrected chi connectivity index (χ1v) is 5.66. The van der Waals surface area contributed by atoms with Gasteiger partial charge >= 0.3 is 0 Å². The topological polar surface area (TPSA) is 3.24 Å². The molecule has 0 unspecified atom stereocenters. The molecule has 12 heavy (non-hydrogen) atoms. The number of anilines is 1. The molecule has 0 spiro atoms. The number of rotatable bonds is 1. The Morgan fingerprint density at radius 1 is 1.25 bits per heavy atom. The van der Waals surface area contributed by atoms with E-state index in [4.69, 9.17) is 0 Å². The highest BCUT2D eigenvalue weighted by Gasteiger charge is 2.04. The van der Waals surface area contributed by atoms with Crippen LogP contribution in [0.1, 0.15) is 11.1 Å². The maximum absolute atomic E-state index is 3.52. The van der Waals surface area contributed by atoms with Crippen molar-refractivity contribution in [3.05, 3.63) is 27.7 Å². The van der Waals surface area contributed by atoms with Crippen molar-refractivity contribution in [1.82, 2.24) is 0 Å². The summed E-state index contributed by atoms with van der Waals surface area (Å²) in [6.07, 6.45) is 0. The van der Waals surface area contributed by atoms with Gasteiger partial charge in [0.05, 0.1) is 0 Å². The summed E-state index contributed by atoms with van der Waals surface area (Å²) in [7, 11) is 3.20. The summed E-state index contributed by atoms with van der Waals surface area (Å²) < 4.78 is 3.47. The van der Waals surface area contributed by atoms with Crippen LogP contribution in [-0.2, 0) is 0 Å². The molecule has 0 bridgehead atoms. The Hall–Kier alpha value is -0.283. The number of benzene rings is 1. The smallest absolute Gasteiger partial charge is 0.107 e. The lowest BCUT2D eigenvalue weighted by Crippen LogP contribution is -2.13. The molecule has 1 rings (SSSR count). The number of hydrogen-bond donors (Lipinski definition) is 0. The van der Waals surface area contributed by atoms with Gasteiger partial charge in [0, 0.05) is 10.2 Å². The van der Waals surface area contributed by atoms with Gasteiger partial charge in [-0.1, -0.05) is 15.9 Å². The average molecular weight is 244 g/mol. The van der Waals surface area contributed by atoms with Crippen molar-refractivity contribution >= 4 is 32.0 Å². The molecule has 0 amide bonds. The average Bonchev–Trinajstić information content (AvgIpc) is 2.00. The summed E-state index contributed by atoms with van der Waals surface area (Å²) >= 11 is 3.52. The first-order valence-electron chi connectivity index (χ1n) is 3.97. The third kappa shape index (κ3) is 1.72. The van der Waals surface area contributed by atoms with Crippen molar-refractivity contribution < 1.29 is 0 Å². The van der Waals surface area contributed by atoms with Crippen LogP contribution in [0.25, 0.3) is 0 Å². The highest BCUT2D eigenvalue weighted by molar-refractivity contribution is 9.10. The third-order valence-corrected chi connectivity index (χ3v) is 3.52. The van der Waals surface area contributed by atoms with Crippen molar-refractivity contribution in [2.24, 2.45) is 0 Å². The molecule has 1 nitrogen and oxygen atoms in total. The predicted molar refractivity (Wildman–Crippen MR) is 62.0 cm³/mol. The second kappa shape index (κ2) is 3.62. The Morgan fingerprint density at radius 3 is 2.33 bits per heavy atom. The standard InChI is InChI=1S/C9H14BrNSi/c1-6-7(2)9(11(3)12)5-4-8(6)10/h4-5H,1-3,12H3. The van der Waals surface area contributed by atoms with Gasteiger partial charge in [-0.2, -0.15) is 0 Å². The maximum atomic E-state index is 3.52. The molecule has 0 N–H and O–H groups in total. The Balaban J connectivity index is 3.27. The Labute approximate surface area is 85.4 Å². The summed E-state index contributed by atoms with van der Waals surface area (Å²) in [6, 6.07) is 4.28. The molecule has 0 aliphatic heterocycles. The number of nitrogens with zero attached hydrogens (tertiary/aromatic N) is 1. The van der Waals surface area contributed by atoms with Gasteiger partial charge in [0.2, 0.25) is 0 Å². The van der Waals surface area contributed by atoms with Crippen molar-refractivity contribution in [3.8, 4) is 0 Å². The molecule has 0 fully saturated rings. The van der Waals surface area contributed by atoms with Gasteiger partial charge in [-0.3, -0.25) is 0 Å². The van der Waals surface area contributed by atoms with Gasteiger partial charge in [-0.25, -0.2) is 0 Å². The Kier molecular flexibility index (Phi) is 2.96. The van der Waals surface area contributed by atoms with Crippen LogP contribution in [0.2, 0.25) is 0 Å². The Bertz CT molecular complexity index is 297.